The molecule has 0 aromatic carbocycles. The molecule has 0 aromatic rings. The van der Waals surface area contributed by atoms with Crippen molar-refractivity contribution >= 4 is 0 Å². The van der Waals surface area contributed by atoms with E-state index in [1.165, 1.54) is 0 Å². The quantitative estimate of drug-likeness (QED) is 0.762. The summed E-state index contributed by atoms with van der Waals surface area (Å²) in [6, 6.07) is 0. The molecule has 0 bridgehead atoms. The lowest BCUT2D eigenvalue weighted by Gasteiger charge is -2.54. The van der Waals surface area contributed by atoms with Crippen LogP contribution in [-0.2, 0) is 0 Å². The third-order valence-electron chi connectivity index (χ3n) is 3.24. The smallest absolute Gasteiger partial charge is 0.381 e. The minimum Gasteiger partial charge on any atom is -0.393 e. The summed E-state index contributed by atoms with van der Waals surface area (Å²) in [7, 11) is 0. The lowest BCUT2D eigenvalue weighted by molar-refractivity contribution is -0.469. The normalized spacial score (nSPS) is 41.4. The molecule has 2 nitrogen and oxygen atoms in total. The van der Waals surface area contributed by atoms with E-state index < -0.39 is 48.2 Å². The zero-order valence-electron chi connectivity index (χ0n) is 9.09. The number of rotatable bonds is 2. The summed E-state index contributed by atoms with van der Waals surface area (Å²) in [5.74, 6) is -27.4. The van der Waals surface area contributed by atoms with Crippen LogP contribution < -0.4 is 0 Å². The van der Waals surface area contributed by atoms with E-state index in [-0.39, 0.29) is 0 Å². The first-order valence-corrected chi connectivity index (χ1v) is 4.73. The summed E-state index contributed by atoms with van der Waals surface area (Å²) >= 11 is 0. The molecule has 1 fully saturated rings. The van der Waals surface area contributed by atoms with Crippen molar-refractivity contribution in [2.45, 2.75) is 35.0 Å². The number of hydrogen-bond acceptors (Lipinski definition) is 2. The lowest BCUT2D eigenvalue weighted by atomic mass is 9.66. The van der Waals surface area contributed by atoms with E-state index >= 15 is 0 Å². The third kappa shape index (κ3) is 1.29. The molecule has 2 N–H and O–H groups in total. The van der Waals surface area contributed by atoms with Crippen molar-refractivity contribution in [1.29, 1.82) is 0 Å². The molecule has 0 amide bonds. The monoisotopic (exact) mass is 324 g/mol. The minimum absolute atomic E-state index is 2.99. The molecule has 0 aliphatic heterocycles. The van der Waals surface area contributed by atoms with Crippen molar-refractivity contribution in [3.05, 3.63) is 0 Å². The molecule has 0 radical (unpaired) electrons. The van der Waals surface area contributed by atoms with E-state index in [1.807, 2.05) is 0 Å². The Morgan fingerprint density at radius 1 is 0.450 bits per heavy atom. The van der Waals surface area contributed by atoms with Crippen LogP contribution in [0.2, 0.25) is 0 Å². The summed E-state index contributed by atoms with van der Waals surface area (Å²) in [6.07, 6.45) is 0. The second kappa shape index (κ2) is 3.90. The first-order valence-electron chi connectivity index (χ1n) is 4.73. The Balaban J connectivity index is 3.82. The van der Waals surface area contributed by atoms with E-state index in [1.54, 1.807) is 0 Å². The highest BCUT2D eigenvalue weighted by Crippen LogP contribution is 2.68. The highest BCUT2D eigenvalue weighted by atomic mass is 19.4. The standard InChI is InChI=1S/C8H6F10O2/c9-3(1-19)4(10,2-20)6(13,14)8(17,18)7(15,16)5(3,11)12/h19-20H,1-2H2. The van der Waals surface area contributed by atoms with Gasteiger partial charge in [0.1, 0.15) is 0 Å². The average Bonchev–Trinajstić information content (AvgIpc) is 2.34. The van der Waals surface area contributed by atoms with Crippen molar-refractivity contribution in [3.8, 4) is 0 Å². The molecule has 0 spiro atoms. The van der Waals surface area contributed by atoms with Gasteiger partial charge in [0, 0.05) is 0 Å². The summed E-state index contributed by atoms with van der Waals surface area (Å²) in [5, 5.41) is 16.5. The molecular weight excluding hydrogens is 318 g/mol. The molecule has 0 saturated heterocycles. The van der Waals surface area contributed by atoms with E-state index in [2.05, 4.69) is 0 Å². The molecule has 1 aliphatic rings. The van der Waals surface area contributed by atoms with Crippen molar-refractivity contribution in [2.24, 2.45) is 0 Å². The molecule has 1 saturated carbocycles. The minimum atomic E-state index is -7.01. The summed E-state index contributed by atoms with van der Waals surface area (Å²) in [5.41, 5.74) is -11.7. The average molecular weight is 324 g/mol. The predicted octanol–water partition coefficient (Wildman–Crippen LogP) is 1.94. The Morgan fingerprint density at radius 3 is 0.800 bits per heavy atom. The summed E-state index contributed by atoms with van der Waals surface area (Å²) in [4.78, 5) is 0. The van der Waals surface area contributed by atoms with Gasteiger partial charge in [0.25, 0.3) is 0 Å². The Labute approximate surface area is 104 Å². The SMILES string of the molecule is OCC1(F)C(F)(F)C(F)(F)C(F)(F)C(F)(F)C1(F)CO. The van der Waals surface area contributed by atoms with Crippen LogP contribution in [0.25, 0.3) is 0 Å². The molecule has 2 atom stereocenters. The van der Waals surface area contributed by atoms with Gasteiger partial charge in [0.15, 0.2) is 0 Å². The van der Waals surface area contributed by atoms with E-state index in [4.69, 9.17) is 10.2 Å². The summed E-state index contributed by atoms with van der Waals surface area (Å²) in [6.45, 7) is -5.98. The van der Waals surface area contributed by atoms with Gasteiger partial charge in [-0.1, -0.05) is 0 Å². The van der Waals surface area contributed by atoms with Gasteiger partial charge in [-0.25, -0.2) is 8.78 Å². The van der Waals surface area contributed by atoms with E-state index in [0.29, 0.717) is 0 Å². The zero-order valence-corrected chi connectivity index (χ0v) is 9.09. The van der Waals surface area contributed by atoms with Gasteiger partial charge in [0.05, 0.1) is 13.2 Å². The van der Waals surface area contributed by atoms with E-state index in [0.717, 1.165) is 0 Å². The van der Waals surface area contributed by atoms with E-state index in [9.17, 15) is 43.9 Å². The maximum Gasteiger partial charge on any atom is 0.381 e. The molecule has 1 aliphatic carbocycles. The Hall–Kier alpha value is -0.780. The molecule has 0 heterocycles. The number of alkyl halides is 10. The molecule has 2 unspecified atom stereocenters. The topological polar surface area (TPSA) is 40.5 Å². The van der Waals surface area contributed by atoms with Gasteiger partial charge in [0.2, 0.25) is 11.3 Å². The van der Waals surface area contributed by atoms with Gasteiger partial charge in [-0.15, -0.1) is 0 Å². The fourth-order valence-corrected chi connectivity index (χ4v) is 1.84. The van der Waals surface area contributed by atoms with Gasteiger partial charge in [-0.05, 0) is 0 Å². The van der Waals surface area contributed by atoms with Gasteiger partial charge < -0.3 is 10.2 Å². The van der Waals surface area contributed by atoms with Crippen LogP contribution in [0.3, 0.4) is 0 Å². The Bertz CT molecular complexity index is 372. The zero-order chi connectivity index (χ0) is 16.4. The first kappa shape index (κ1) is 17.3. The number of halogens is 10. The van der Waals surface area contributed by atoms with Crippen LogP contribution in [0.4, 0.5) is 43.9 Å². The predicted molar refractivity (Wildman–Crippen MR) is 41.6 cm³/mol. The number of aliphatic hydroxyl groups is 2. The lowest BCUT2D eigenvalue weighted by Crippen LogP contribution is -2.86. The van der Waals surface area contributed by atoms with Crippen LogP contribution in [-0.4, -0.2) is 58.5 Å². The Morgan fingerprint density at radius 2 is 0.650 bits per heavy atom. The fourth-order valence-electron chi connectivity index (χ4n) is 1.84. The largest absolute Gasteiger partial charge is 0.393 e. The summed E-state index contributed by atoms with van der Waals surface area (Å²) < 4.78 is 131. The van der Waals surface area contributed by atoms with Crippen LogP contribution in [0.5, 0.6) is 0 Å². The molecule has 120 valence electrons. The van der Waals surface area contributed by atoms with Crippen molar-refractivity contribution in [1.82, 2.24) is 0 Å². The molecule has 1 rings (SSSR count). The van der Waals surface area contributed by atoms with Crippen LogP contribution in [0.15, 0.2) is 0 Å². The molecular formula is C8H6F10O2. The van der Waals surface area contributed by atoms with Gasteiger partial charge in [-0.2, -0.15) is 35.1 Å². The highest BCUT2D eigenvalue weighted by Gasteiger charge is 2.99. The van der Waals surface area contributed by atoms with Crippen molar-refractivity contribution in [3.63, 3.8) is 0 Å². The van der Waals surface area contributed by atoms with Crippen molar-refractivity contribution in [2.75, 3.05) is 13.2 Å². The van der Waals surface area contributed by atoms with Crippen LogP contribution in [0, 0.1) is 0 Å². The van der Waals surface area contributed by atoms with Crippen LogP contribution in [0.1, 0.15) is 0 Å². The highest BCUT2D eigenvalue weighted by molar-refractivity contribution is 5.29. The third-order valence-corrected chi connectivity index (χ3v) is 3.24. The second-order valence-electron chi connectivity index (χ2n) is 4.22. The molecule has 0 aromatic heterocycles. The van der Waals surface area contributed by atoms with Gasteiger partial charge >= 0.3 is 23.7 Å². The van der Waals surface area contributed by atoms with Crippen LogP contribution >= 0.6 is 0 Å². The molecule has 20 heavy (non-hydrogen) atoms. The fraction of sp³-hybridized carbons (Fsp3) is 1.00. The number of aliphatic hydroxyl groups excluding tert-OH is 2. The number of hydrogen-bond donors (Lipinski definition) is 2. The second-order valence-corrected chi connectivity index (χ2v) is 4.22. The maximum absolute atomic E-state index is 13.6. The van der Waals surface area contributed by atoms with Crippen molar-refractivity contribution < 1.29 is 54.1 Å². The maximum atomic E-state index is 13.6. The van der Waals surface area contributed by atoms with Gasteiger partial charge in [-0.3, -0.25) is 0 Å². The molecule has 12 heteroatoms. The first-order chi connectivity index (χ1) is 8.62. The Kier molecular flexibility index (Phi) is 3.37.